The Balaban J connectivity index is 1.77. The van der Waals surface area contributed by atoms with Crippen molar-refractivity contribution in [2.75, 3.05) is 32.1 Å². The summed E-state index contributed by atoms with van der Waals surface area (Å²) in [6.45, 7) is 3.06. The topological polar surface area (TPSA) is 71.9 Å². The van der Waals surface area contributed by atoms with Crippen LogP contribution in [0.5, 0.6) is 5.88 Å². The van der Waals surface area contributed by atoms with Crippen molar-refractivity contribution in [3.8, 4) is 5.88 Å². The number of fused-ring (bicyclic) bond motifs is 1. The number of rotatable bonds is 8. The predicted octanol–water partition coefficient (Wildman–Crippen LogP) is 6.00. The van der Waals surface area contributed by atoms with E-state index in [1.165, 1.54) is 0 Å². The number of halogens is 1. The Morgan fingerprint density at radius 3 is 2.40 bits per heavy atom. The summed E-state index contributed by atoms with van der Waals surface area (Å²) < 4.78 is 0. The minimum Gasteiger partial charge on any atom is -0.494 e. The van der Waals surface area contributed by atoms with Crippen LogP contribution in [0.2, 0.25) is 5.02 Å². The summed E-state index contributed by atoms with van der Waals surface area (Å²) in [5.74, 6) is 0.0883. The highest BCUT2D eigenvalue weighted by Gasteiger charge is 2.19. The van der Waals surface area contributed by atoms with Crippen molar-refractivity contribution < 1.29 is 9.90 Å². The number of H-pyrrole nitrogens is 1. The summed E-state index contributed by atoms with van der Waals surface area (Å²) in [4.78, 5) is 24.4. The molecule has 0 unspecified atom stereocenters. The van der Waals surface area contributed by atoms with Crippen LogP contribution in [0, 0.1) is 0 Å². The maximum absolute atomic E-state index is 12.7. The van der Waals surface area contributed by atoms with E-state index in [4.69, 9.17) is 16.6 Å². The molecule has 4 rings (SSSR count). The molecule has 0 saturated heterocycles. The summed E-state index contributed by atoms with van der Waals surface area (Å²) in [5.41, 5.74) is 4.41. The Morgan fingerprint density at radius 1 is 1.03 bits per heavy atom. The van der Waals surface area contributed by atoms with Crippen LogP contribution < -0.4 is 4.90 Å². The van der Waals surface area contributed by atoms with Crippen molar-refractivity contribution in [1.29, 1.82) is 0 Å². The Labute approximate surface area is 210 Å². The second-order valence-corrected chi connectivity index (χ2v) is 9.10. The quantitative estimate of drug-likeness (QED) is 0.299. The van der Waals surface area contributed by atoms with Gasteiger partial charge in [-0.15, -0.1) is 0 Å². The highest BCUT2D eigenvalue weighted by molar-refractivity contribution is 6.31. The summed E-state index contributed by atoms with van der Waals surface area (Å²) in [7, 11) is 3.78. The molecular formula is C28H29ClN4O2. The van der Waals surface area contributed by atoms with Crippen LogP contribution in [-0.4, -0.2) is 53.8 Å². The van der Waals surface area contributed by atoms with Gasteiger partial charge < -0.3 is 19.9 Å². The van der Waals surface area contributed by atoms with Crippen molar-refractivity contribution >= 4 is 45.5 Å². The van der Waals surface area contributed by atoms with Gasteiger partial charge in [0, 0.05) is 28.2 Å². The highest BCUT2D eigenvalue weighted by Crippen LogP contribution is 2.33. The molecule has 0 aliphatic heterocycles. The van der Waals surface area contributed by atoms with E-state index in [2.05, 4.69) is 11.9 Å². The normalized spacial score (nSPS) is 11.9. The molecule has 35 heavy (non-hydrogen) atoms. The Bertz CT molecular complexity index is 1340. The first kappa shape index (κ1) is 24.5. The summed E-state index contributed by atoms with van der Waals surface area (Å²) in [6.07, 6.45) is 0.862. The molecule has 180 valence electrons. The van der Waals surface area contributed by atoms with Gasteiger partial charge in [0.1, 0.15) is 0 Å². The van der Waals surface area contributed by atoms with Crippen molar-refractivity contribution in [3.63, 3.8) is 0 Å². The Morgan fingerprint density at radius 2 is 1.74 bits per heavy atom. The van der Waals surface area contributed by atoms with Gasteiger partial charge in [-0.2, -0.15) is 0 Å². The van der Waals surface area contributed by atoms with E-state index in [1.54, 1.807) is 17.0 Å². The molecule has 0 spiro atoms. The standard InChI is InChI=1S/C28H29ClN4O2/c1-4-16-33(25(34)18-32(2)3)22-13-11-21(12-14-22)30-27(19-8-6-5-7-9-19)26-23-15-10-20(29)17-24(23)31-28(26)35/h5-15,17,31,35H,4,16,18H2,1-3H3. The van der Waals surface area contributed by atoms with E-state index in [-0.39, 0.29) is 11.8 Å². The fraction of sp³-hybridized carbons (Fsp3) is 0.214. The number of aromatic hydroxyl groups is 1. The molecule has 0 radical (unpaired) electrons. The smallest absolute Gasteiger partial charge is 0.241 e. The number of aliphatic imine (C=N–C) groups is 1. The first-order valence-electron chi connectivity index (χ1n) is 11.6. The molecule has 4 aromatic rings. The molecule has 0 aliphatic rings. The molecule has 3 aromatic carbocycles. The minimum atomic E-state index is 0.0323. The van der Waals surface area contributed by atoms with Crippen molar-refractivity contribution in [2.24, 2.45) is 4.99 Å². The number of hydrogen-bond donors (Lipinski definition) is 2. The van der Waals surface area contributed by atoms with Gasteiger partial charge in [-0.25, -0.2) is 4.99 Å². The third-order valence-corrected chi connectivity index (χ3v) is 5.86. The number of aromatic nitrogens is 1. The largest absolute Gasteiger partial charge is 0.494 e. The van der Waals surface area contributed by atoms with Gasteiger partial charge in [0.2, 0.25) is 5.91 Å². The second kappa shape index (κ2) is 10.8. The zero-order valence-electron chi connectivity index (χ0n) is 20.1. The van der Waals surface area contributed by atoms with Crippen LogP contribution in [0.4, 0.5) is 11.4 Å². The molecular weight excluding hydrogens is 460 g/mol. The molecule has 6 nitrogen and oxygen atoms in total. The van der Waals surface area contributed by atoms with Crippen molar-refractivity contribution in [3.05, 3.63) is 88.9 Å². The van der Waals surface area contributed by atoms with Gasteiger partial charge >= 0.3 is 0 Å². The zero-order valence-corrected chi connectivity index (χ0v) is 20.9. The van der Waals surface area contributed by atoms with Gasteiger partial charge in [0.15, 0.2) is 5.88 Å². The highest BCUT2D eigenvalue weighted by atomic mass is 35.5. The number of nitrogens with zero attached hydrogens (tertiary/aromatic N) is 3. The fourth-order valence-electron chi connectivity index (χ4n) is 4.07. The van der Waals surface area contributed by atoms with Crippen LogP contribution in [0.3, 0.4) is 0 Å². The summed E-state index contributed by atoms with van der Waals surface area (Å²) >= 11 is 6.16. The zero-order chi connectivity index (χ0) is 24.9. The van der Waals surface area contributed by atoms with E-state index in [1.807, 2.05) is 79.7 Å². The molecule has 1 heterocycles. The number of amides is 1. The van der Waals surface area contributed by atoms with Crippen LogP contribution in [0.15, 0.2) is 77.8 Å². The minimum absolute atomic E-state index is 0.0323. The van der Waals surface area contributed by atoms with Gasteiger partial charge in [-0.3, -0.25) is 4.79 Å². The average molecular weight is 489 g/mol. The monoisotopic (exact) mass is 488 g/mol. The molecule has 1 amide bonds. The van der Waals surface area contributed by atoms with E-state index in [9.17, 15) is 9.90 Å². The predicted molar refractivity (Wildman–Crippen MR) is 144 cm³/mol. The van der Waals surface area contributed by atoms with Gasteiger partial charge in [0.05, 0.1) is 29.0 Å². The second-order valence-electron chi connectivity index (χ2n) is 8.66. The Kier molecular flexibility index (Phi) is 7.54. The number of likely N-dealkylation sites (N-methyl/N-ethyl adjacent to an activating group) is 1. The molecule has 7 heteroatoms. The van der Waals surface area contributed by atoms with Crippen LogP contribution in [0.25, 0.3) is 10.9 Å². The first-order valence-corrected chi connectivity index (χ1v) is 11.9. The van der Waals surface area contributed by atoms with Gasteiger partial charge in [0.25, 0.3) is 0 Å². The van der Waals surface area contributed by atoms with Crippen LogP contribution in [-0.2, 0) is 4.79 Å². The number of carbonyl (C=O) groups is 1. The molecule has 0 fully saturated rings. The lowest BCUT2D eigenvalue weighted by atomic mass is 10.0. The molecule has 0 saturated carbocycles. The number of nitrogens with one attached hydrogen (secondary N) is 1. The first-order chi connectivity index (χ1) is 16.9. The van der Waals surface area contributed by atoms with Crippen LogP contribution in [0.1, 0.15) is 24.5 Å². The summed E-state index contributed by atoms with van der Waals surface area (Å²) in [5, 5.41) is 12.2. The number of aromatic amines is 1. The maximum atomic E-state index is 12.7. The van der Waals surface area contributed by atoms with E-state index in [0.717, 1.165) is 28.6 Å². The molecule has 2 N–H and O–H groups in total. The molecule has 0 aliphatic carbocycles. The SMILES string of the molecule is CCCN(C(=O)CN(C)C)c1ccc(N=C(c2ccccc2)c2c(O)[nH]c3cc(Cl)ccc23)cc1. The van der Waals surface area contributed by atoms with Crippen LogP contribution >= 0.6 is 11.6 Å². The molecule has 0 atom stereocenters. The van der Waals surface area contributed by atoms with Crippen molar-refractivity contribution in [2.45, 2.75) is 13.3 Å². The number of benzene rings is 3. The molecule has 0 bridgehead atoms. The third-order valence-electron chi connectivity index (χ3n) is 5.63. The van der Waals surface area contributed by atoms with Gasteiger partial charge in [-0.1, -0.05) is 54.9 Å². The Hall–Kier alpha value is -3.61. The lowest BCUT2D eigenvalue weighted by Crippen LogP contribution is -2.38. The number of hydrogen-bond acceptors (Lipinski definition) is 4. The lowest BCUT2D eigenvalue weighted by Gasteiger charge is -2.24. The number of anilines is 1. The number of carbonyl (C=O) groups excluding carboxylic acids is 1. The molecule has 1 aromatic heterocycles. The fourth-order valence-corrected chi connectivity index (χ4v) is 4.24. The van der Waals surface area contributed by atoms with E-state index >= 15 is 0 Å². The van der Waals surface area contributed by atoms with Gasteiger partial charge in [-0.05, 0) is 56.9 Å². The van der Waals surface area contributed by atoms with E-state index in [0.29, 0.717) is 35.1 Å². The van der Waals surface area contributed by atoms with E-state index < -0.39 is 0 Å². The third kappa shape index (κ3) is 5.56. The summed E-state index contributed by atoms with van der Waals surface area (Å²) in [6, 6.07) is 22.8. The average Bonchev–Trinajstić information content (AvgIpc) is 3.16. The maximum Gasteiger partial charge on any atom is 0.241 e. The lowest BCUT2D eigenvalue weighted by molar-refractivity contribution is -0.119. The van der Waals surface area contributed by atoms with Crippen molar-refractivity contribution in [1.82, 2.24) is 9.88 Å².